The van der Waals surface area contributed by atoms with E-state index in [2.05, 4.69) is 19.9 Å². The molecule has 0 radical (unpaired) electrons. The van der Waals surface area contributed by atoms with Crippen molar-refractivity contribution in [2.24, 2.45) is 0 Å². The fraction of sp³-hybridized carbons (Fsp3) is 0.600. The molecule has 1 heterocycles. The minimum absolute atomic E-state index is 0.0969. The van der Waals surface area contributed by atoms with Gasteiger partial charge in [0.15, 0.2) is 5.03 Å². The van der Waals surface area contributed by atoms with Crippen molar-refractivity contribution < 1.29 is 13.2 Å². The highest BCUT2D eigenvalue weighted by molar-refractivity contribution is 7.89. The summed E-state index contributed by atoms with van der Waals surface area (Å²) in [7, 11) is 1.78. The number of nitrogens with zero attached hydrogens (tertiary/aromatic N) is 2. The highest BCUT2D eigenvalue weighted by Gasteiger charge is 2.28. The molecule has 2 atom stereocenters. The number of rotatable bonds is 5. The number of aromatic nitrogens is 1. The van der Waals surface area contributed by atoms with E-state index in [1.54, 1.807) is 0 Å². The summed E-state index contributed by atoms with van der Waals surface area (Å²) >= 11 is 0. The molecule has 8 heteroatoms. The van der Waals surface area contributed by atoms with Gasteiger partial charge in [0.05, 0.1) is 5.56 Å². The molecule has 0 aromatic carbocycles. The zero-order valence-corrected chi connectivity index (χ0v) is 14.6. The number of carbonyl (C=O) groups excluding carboxylic acids is 1. The third-order valence-corrected chi connectivity index (χ3v) is 5.58. The molecule has 1 aliphatic rings. The number of hydrogen-bond donors (Lipinski definition) is 2. The van der Waals surface area contributed by atoms with Crippen LogP contribution in [0.2, 0.25) is 0 Å². The van der Waals surface area contributed by atoms with E-state index in [1.807, 2.05) is 14.1 Å². The van der Waals surface area contributed by atoms with Crippen molar-refractivity contribution in [1.82, 2.24) is 19.9 Å². The smallest absolute Gasteiger partial charge is 0.257 e. The van der Waals surface area contributed by atoms with Crippen LogP contribution in [0.4, 0.5) is 0 Å². The highest BCUT2D eigenvalue weighted by atomic mass is 32.2. The molecule has 1 fully saturated rings. The number of sulfonamides is 1. The van der Waals surface area contributed by atoms with Crippen molar-refractivity contribution >= 4 is 15.9 Å². The quantitative estimate of drug-likeness (QED) is 0.819. The minimum Gasteiger partial charge on any atom is -0.348 e. The van der Waals surface area contributed by atoms with Gasteiger partial charge in [0.25, 0.3) is 15.9 Å². The van der Waals surface area contributed by atoms with E-state index in [-0.39, 0.29) is 17.0 Å². The molecule has 2 unspecified atom stereocenters. The molecule has 0 spiro atoms. The lowest BCUT2D eigenvalue weighted by atomic mass is 9.89. The Labute approximate surface area is 137 Å². The Morgan fingerprint density at radius 3 is 2.52 bits per heavy atom. The second kappa shape index (κ2) is 7.37. The Bertz CT molecular complexity index is 643. The van der Waals surface area contributed by atoms with E-state index in [1.165, 1.54) is 31.8 Å². The lowest BCUT2D eigenvalue weighted by molar-refractivity contribution is 0.0882. The SMILES string of the molecule is CNS(=O)(=O)c1ccc(C(=O)NC2CCCCC2N(C)C)cn1. The first-order valence-corrected chi connectivity index (χ1v) is 9.20. The Hall–Kier alpha value is -1.51. The van der Waals surface area contributed by atoms with E-state index >= 15 is 0 Å². The molecule has 0 saturated heterocycles. The molecule has 2 N–H and O–H groups in total. The highest BCUT2D eigenvalue weighted by Crippen LogP contribution is 2.22. The van der Waals surface area contributed by atoms with Gasteiger partial charge in [0, 0.05) is 18.3 Å². The summed E-state index contributed by atoms with van der Waals surface area (Å²) in [4.78, 5) is 18.4. The summed E-state index contributed by atoms with van der Waals surface area (Å²) in [5.74, 6) is -0.218. The van der Waals surface area contributed by atoms with Crippen LogP contribution in [0.25, 0.3) is 0 Å². The van der Waals surface area contributed by atoms with Crippen LogP contribution in [0.1, 0.15) is 36.0 Å². The van der Waals surface area contributed by atoms with Gasteiger partial charge in [-0.1, -0.05) is 12.8 Å². The molecule has 2 rings (SSSR count). The number of likely N-dealkylation sites (N-methyl/N-ethyl adjacent to an activating group) is 1. The molecule has 7 nitrogen and oxygen atoms in total. The summed E-state index contributed by atoms with van der Waals surface area (Å²) in [6.45, 7) is 0. The molecule has 23 heavy (non-hydrogen) atoms. The van der Waals surface area contributed by atoms with Crippen molar-refractivity contribution in [3.63, 3.8) is 0 Å². The Morgan fingerprint density at radius 2 is 1.96 bits per heavy atom. The van der Waals surface area contributed by atoms with Crippen LogP contribution in [0.15, 0.2) is 23.4 Å². The second-order valence-electron chi connectivity index (χ2n) is 5.99. The van der Waals surface area contributed by atoms with E-state index in [0.29, 0.717) is 11.6 Å². The van der Waals surface area contributed by atoms with Crippen molar-refractivity contribution in [3.8, 4) is 0 Å². The van der Waals surface area contributed by atoms with Crippen LogP contribution in [0.5, 0.6) is 0 Å². The van der Waals surface area contributed by atoms with Gasteiger partial charge in [-0.2, -0.15) is 0 Å². The first kappa shape index (κ1) is 17.8. The van der Waals surface area contributed by atoms with Crippen LogP contribution >= 0.6 is 0 Å². The number of nitrogens with one attached hydrogen (secondary N) is 2. The zero-order chi connectivity index (χ0) is 17.0. The van der Waals surface area contributed by atoms with Crippen molar-refractivity contribution in [2.45, 2.75) is 42.8 Å². The molecule has 1 amide bonds. The summed E-state index contributed by atoms with van der Waals surface area (Å²) in [5, 5.41) is 2.96. The van der Waals surface area contributed by atoms with E-state index in [9.17, 15) is 13.2 Å². The van der Waals surface area contributed by atoms with Gasteiger partial charge >= 0.3 is 0 Å². The molecule has 1 aromatic heterocycles. The average molecular weight is 340 g/mol. The fourth-order valence-electron chi connectivity index (χ4n) is 2.93. The van der Waals surface area contributed by atoms with Crippen LogP contribution in [-0.2, 0) is 10.0 Å². The first-order chi connectivity index (χ1) is 10.8. The first-order valence-electron chi connectivity index (χ1n) is 7.72. The topological polar surface area (TPSA) is 91.4 Å². The molecule has 0 bridgehead atoms. The number of hydrogen-bond acceptors (Lipinski definition) is 5. The van der Waals surface area contributed by atoms with Gasteiger partial charge in [-0.15, -0.1) is 0 Å². The number of amides is 1. The zero-order valence-electron chi connectivity index (χ0n) is 13.7. The summed E-state index contributed by atoms with van der Waals surface area (Å²) in [6, 6.07) is 3.25. The van der Waals surface area contributed by atoms with Crippen molar-refractivity contribution in [1.29, 1.82) is 0 Å². The van der Waals surface area contributed by atoms with Crippen molar-refractivity contribution in [3.05, 3.63) is 23.9 Å². The van der Waals surface area contributed by atoms with Gasteiger partial charge in [-0.05, 0) is 46.1 Å². The van der Waals surface area contributed by atoms with Gasteiger partial charge in [-0.3, -0.25) is 4.79 Å². The molecular weight excluding hydrogens is 316 g/mol. The lowest BCUT2D eigenvalue weighted by Crippen LogP contribution is -2.51. The molecule has 128 valence electrons. The van der Waals surface area contributed by atoms with E-state index in [0.717, 1.165) is 19.3 Å². The Balaban J connectivity index is 2.08. The maximum absolute atomic E-state index is 12.4. The summed E-state index contributed by atoms with van der Waals surface area (Å²) < 4.78 is 25.5. The second-order valence-corrected chi connectivity index (χ2v) is 7.82. The third kappa shape index (κ3) is 4.27. The normalized spacial score (nSPS) is 22.1. The van der Waals surface area contributed by atoms with Crippen molar-refractivity contribution in [2.75, 3.05) is 21.1 Å². The molecule has 1 saturated carbocycles. The summed E-state index contributed by atoms with van der Waals surface area (Å²) in [6.07, 6.45) is 5.59. The van der Waals surface area contributed by atoms with Crippen LogP contribution in [-0.4, -0.2) is 57.4 Å². The fourth-order valence-corrected chi connectivity index (χ4v) is 3.58. The Morgan fingerprint density at radius 1 is 1.26 bits per heavy atom. The van der Waals surface area contributed by atoms with E-state index < -0.39 is 10.0 Å². The van der Waals surface area contributed by atoms with Crippen LogP contribution < -0.4 is 10.0 Å². The third-order valence-electron chi connectivity index (χ3n) is 4.25. The molecule has 0 aliphatic heterocycles. The van der Waals surface area contributed by atoms with Crippen LogP contribution in [0.3, 0.4) is 0 Å². The molecular formula is C15H24N4O3S. The van der Waals surface area contributed by atoms with E-state index in [4.69, 9.17) is 0 Å². The molecule has 1 aliphatic carbocycles. The molecule has 1 aromatic rings. The lowest BCUT2D eigenvalue weighted by Gasteiger charge is -2.36. The predicted octanol–water partition coefficient (Wildman–Crippen LogP) is 0.592. The largest absolute Gasteiger partial charge is 0.348 e. The maximum atomic E-state index is 12.4. The van der Waals surface area contributed by atoms with Gasteiger partial charge in [-0.25, -0.2) is 18.1 Å². The van der Waals surface area contributed by atoms with Gasteiger partial charge < -0.3 is 10.2 Å². The van der Waals surface area contributed by atoms with Crippen LogP contribution in [0, 0.1) is 0 Å². The standard InChI is InChI=1S/C15H24N4O3S/c1-16-23(21,22)14-9-8-11(10-17-14)15(20)18-12-6-4-5-7-13(12)19(2)3/h8-10,12-13,16H,4-7H2,1-3H3,(H,18,20). The minimum atomic E-state index is -3.59. The Kier molecular flexibility index (Phi) is 5.72. The number of carbonyl (C=O) groups is 1. The monoisotopic (exact) mass is 340 g/mol. The van der Waals surface area contributed by atoms with Gasteiger partial charge in [0.2, 0.25) is 0 Å². The average Bonchev–Trinajstić information content (AvgIpc) is 2.55. The van der Waals surface area contributed by atoms with Gasteiger partial charge in [0.1, 0.15) is 0 Å². The predicted molar refractivity (Wildman–Crippen MR) is 87.7 cm³/mol. The number of pyridine rings is 1. The summed E-state index contributed by atoms with van der Waals surface area (Å²) in [5.41, 5.74) is 0.364. The maximum Gasteiger partial charge on any atom is 0.257 e.